The molecular formula is C19H21N5O. The molecule has 6 heteroatoms. The third kappa shape index (κ3) is 4.29. The number of nitrogens with zero attached hydrogens (tertiary/aromatic N) is 3. The van der Waals surface area contributed by atoms with E-state index in [4.69, 9.17) is 0 Å². The Morgan fingerprint density at radius 2 is 1.76 bits per heavy atom. The van der Waals surface area contributed by atoms with Crippen molar-refractivity contribution in [2.24, 2.45) is 0 Å². The number of hydrogen-bond acceptors (Lipinski definition) is 4. The molecule has 0 aliphatic heterocycles. The fraction of sp³-hybridized carbons (Fsp3) is 0.263. The topological polar surface area (TPSA) is 83.6 Å². The average Bonchev–Trinajstić information content (AvgIpc) is 3.15. The van der Waals surface area contributed by atoms with Gasteiger partial charge in [-0.2, -0.15) is 5.21 Å². The van der Waals surface area contributed by atoms with Crippen molar-refractivity contribution in [3.05, 3.63) is 77.1 Å². The third-order valence-corrected chi connectivity index (χ3v) is 4.07. The minimum atomic E-state index is -0.428. The molecule has 1 heterocycles. The smallest absolute Gasteiger partial charge is 0.225 e. The Labute approximate surface area is 146 Å². The molecule has 0 bridgehead atoms. The second-order valence-corrected chi connectivity index (χ2v) is 6.25. The third-order valence-electron chi connectivity index (χ3n) is 4.07. The summed E-state index contributed by atoms with van der Waals surface area (Å²) in [5.41, 5.74) is 3.15. The molecule has 0 radical (unpaired) electrons. The zero-order valence-electron chi connectivity index (χ0n) is 14.3. The van der Waals surface area contributed by atoms with E-state index < -0.39 is 6.04 Å². The minimum absolute atomic E-state index is 0.0871. The predicted molar refractivity (Wildman–Crippen MR) is 94.8 cm³/mol. The molecule has 1 amide bonds. The summed E-state index contributed by atoms with van der Waals surface area (Å²) in [6.07, 6.45) is 0.305. The zero-order valence-corrected chi connectivity index (χ0v) is 14.3. The van der Waals surface area contributed by atoms with Gasteiger partial charge in [-0.15, -0.1) is 10.2 Å². The number of carbonyl (C=O) groups excluding carboxylic acids is 1. The Morgan fingerprint density at radius 1 is 1.04 bits per heavy atom. The summed E-state index contributed by atoms with van der Waals surface area (Å²) in [6.45, 7) is 4.30. The van der Waals surface area contributed by atoms with Gasteiger partial charge in [0.05, 0.1) is 6.42 Å². The van der Waals surface area contributed by atoms with E-state index in [1.165, 1.54) is 5.56 Å². The second-order valence-electron chi connectivity index (χ2n) is 6.25. The number of nitrogens with one attached hydrogen (secondary N) is 2. The van der Waals surface area contributed by atoms with Crippen LogP contribution in [0.2, 0.25) is 0 Å². The molecule has 3 rings (SSSR count). The molecule has 2 N–H and O–H groups in total. The van der Waals surface area contributed by atoms with Crippen LogP contribution in [0, 0.1) is 0 Å². The quantitative estimate of drug-likeness (QED) is 0.725. The van der Waals surface area contributed by atoms with Crippen molar-refractivity contribution >= 4 is 5.91 Å². The SMILES string of the molecule is CC(C)c1ccc(CC(=O)N[C@H](c2ccccc2)c2nn[nH]n2)cc1. The highest BCUT2D eigenvalue weighted by atomic mass is 16.1. The summed E-state index contributed by atoms with van der Waals surface area (Å²) in [6, 6.07) is 17.3. The molecule has 3 aromatic rings. The molecule has 128 valence electrons. The number of carbonyl (C=O) groups is 1. The first kappa shape index (κ1) is 16.8. The fourth-order valence-corrected chi connectivity index (χ4v) is 2.65. The van der Waals surface area contributed by atoms with Crippen LogP contribution in [0.3, 0.4) is 0 Å². The van der Waals surface area contributed by atoms with Crippen molar-refractivity contribution in [1.29, 1.82) is 0 Å². The molecule has 0 fully saturated rings. The van der Waals surface area contributed by atoms with E-state index in [0.717, 1.165) is 11.1 Å². The summed E-state index contributed by atoms with van der Waals surface area (Å²) in [5, 5.41) is 17.1. The van der Waals surface area contributed by atoms with E-state index in [1.54, 1.807) is 0 Å². The summed E-state index contributed by atoms with van der Waals surface area (Å²) < 4.78 is 0. The lowest BCUT2D eigenvalue weighted by Gasteiger charge is -2.16. The van der Waals surface area contributed by atoms with E-state index >= 15 is 0 Å². The highest BCUT2D eigenvalue weighted by Gasteiger charge is 2.20. The first-order valence-electron chi connectivity index (χ1n) is 8.30. The maximum atomic E-state index is 12.5. The van der Waals surface area contributed by atoms with E-state index in [1.807, 2.05) is 42.5 Å². The number of aromatic amines is 1. The first-order chi connectivity index (χ1) is 12.1. The summed E-state index contributed by atoms with van der Waals surface area (Å²) in [4.78, 5) is 12.5. The molecule has 6 nitrogen and oxygen atoms in total. The maximum Gasteiger partial charge on any atom is 0.225 e. The van der Waals surface area contributed by atoms with Gasteiger partial charge in [0, 0.05) is 0 Å². The Kier molecular flexibility index (Phi) is 5.18. The lowest BCUT2D eigenvalue weighted by Crippen LogP contribution is -2.31. The van der Waals surface area contributed by atoms with Crippen molar-refractivity contribution in [3.8, 4) is 0 Å². The van der Waals surface area contributed by atoms with E-state index in [9.17, 15) is 4.79 Å². The fourth-order valence-electron chi connectivity index (χ4n) is 2.65. The number of benzene rings is 2. The van der Waals surface area contributed by atoms with Crippen LogP contribution in [0.4, 0.5) is 0 Å². The van der Waals surface area contributed by atoms with Crippen LogP contribution in [0.1, 0.15) is 48.3 Å². The van der Waals surface area contributed by atoms with Crippen molar-refractivity contribution < 1.29 is 4.79 Å². The number of rotatable bonds is 6. The van der Waals surface area contributed by atoms with Crippen LogP contribution in [0.5, 0.6) is 0 Å². The molecule has 0 aliphatic carbocycles. The molecule has 0 unspecified atom stereocenters. The molecular weight excluding hydrogens is 314 g/mol. The predicted octanol–water partition coefficient (Wildman–Crippen LogP) is 2.77. The molecule has 2 aromatic carbocycles. The van der Waals surface area contributed by atoms with E-state index in [0.29, 0.717) is 18.2 Å². The second kappa shape index (κ2) is 7.70. The van der Waals surface area contributed by atoms with Gasteiger partial charge in [-0.25, -0.2) is 0 Å². The van der Waals surface area contributed by atoms with Gasteiger partial charge in [-0.1, -0.05) is 73.7 Å². The van der Waals surface area contributed by atoms with Gasteiger partial charge in [0.25, 0.3) is 0 Å². The monoisotopic (exact) mass is 335 g/mol. The number of H-pyrrole nitrogens is 1. The van der Waals surface area contributed by atoms with Crippen molar-refractivity contribution in [1.82, 2.24) is 25.9 Å². The number of hydrogen-bond donors (Lipinski definition) is 2. The van der Waals surface area contributed by atoms with Crippen LogP contribution < -0.4 is 5.32 Å². The first-order valence-corrected chi connectivity index (χ1v) is 8.30. The van der Waals surface area contributed by atoms with Gasteiger partial charge in [0.15, 0.2) is 0 Å². The molecule has 0 saturated heterocycles. The van der Waals surface area contributed by atoms with E-state index in [2.05, 4.69) is 51.9 Å². The van der Waals surface area contributed by atoms with Gasteiger partial charge in [-0.3, -0.25) is 4.79 Å². The summed E-state index contributed by atoms with van der Waals surface area (Å²) >= 11 is 0. The van der Waals surface area contributed by atoms with Crippen molar-refractivity contribution in [2.75, 3.05) is 0 Å². The van der Waals surface area contributed by atoms with E-state index in [-0.39, 0.29) is 5.91 Å². The molecule has 25 heavy (non-hydrogen) atoms. The zero-order chi connectivity index (χ0) is 17.6. The van der Waals surface area contributed by atoms with Gasteiger partial charge in [-0.05, 0) is 22.6 Å². The molecule has 0 spiro atoms. The highest BCUT2D eigenvalue weighted by molar-refractivity contribution is 5.79. The maximum absolute atomic E-state index is 12.5. The highest BCUT2D eigenvalue weighted by Crippen LogP contribution is 2.19. The van der Waals surface area contributed by atoms with Crippen LogP contribution in [0.25, 0.3) is 0 Å². The molecule has 0 aliphatic rings. The Bertz CT molecular complexity index is 798. The normalized spacial score (nSPS) is 12.1. The van der Waals surface area contributed by atoms with Gasteiger partial charge >= 0.3 is 0 Å². The van der Waals surface area contributed by atoms with Crippen LogP contribution >= 0.6 is 0 Å². The summed E-state index contributed by atoms with van der Waals surface area (Å²) in [5.74, 6) is 0.828. The average molecular weight is 335 g/mol. The standard InChI is InChI=1S/C19H21N5O/c1-13(2)15-10-8-14(9-11-15)12-17(25)20-18(19-21-23-24-22-19)16-6-4-3-5-7-16/h3-11,13,18H,12H2,1-2H3,(H,20,25)(H,21,22,23,24)/t18-/m1/s1. The van der Waals surface area contributed by atoms with Gasteiger partial charge in [0.1, 0.15) is 6.04 Å². The van der Waals surface area contributed by atoms with Gasteiger partial charge < -0.3 is 5.32 Å². The largest absolute Gasteiger partial charge is 0.342 e. The Hall–Kier alpha value is -3.02. The van der Waals surface area contributed by atoms with Crippen molar-refractivity contribution in [3.63, 3.8) is 0 Å². The molecule has 0 saturated carbocycles. The Balaban J connectivity index is 1.72. The van der Waals surface area contributed by atoms with Crippen molar-refractivity contribution in [2.45, 2.75) is 32.2 Å². The van der Waals surface area contributed by atoms with Crippen LogP contribution in [-0.2, 0) is 11.2 Å². The number of amides is 1. The molecule has 1 atom stereocenters. The van der Waals surface area contributed by atoms with Crippen LogP contribution in [-0.4, -0.2) is 26.5 Å². The lowest BCUT2D eigenvalue weighted by atomic mass is 10.0. The van der Waals surface area contributed by atoms with Crippen LogP contribution in [0.15, 0.2) is 54.6 Å². The lowest BCUT2D eigenvalue weighted by molar-refractivity contribution is -0.121. The number of aromatic nitrogens is 4. The number of tetrazole rings is 1. The minimum Gasteiger partial charge on any atom is -0.342 e. The molecule has 1 aromatic heterocycles. The Morgan fingerprint density at radius 3 is 2.36 bits per heavy atom. The summed E-state index contributed by atoms with van der Waals surface area (Å²) in [7, 11) is 0. The van der Waals surface area contributed by atoms with Gasteiger partial charge in [0.2, 0.25) is 11.7 Å².